The molecule has 0 radical (unpaired) electrons. The number of nitrogens with one attached hydrogen (secondary N) is 3. The quantitative estimate of drug-likeness (QED) is 0.764. The lowest BCUT2D eigenvalue weighted by molar-refractivity contribution is -0.119. The van der Waals surface area contributed by atoms with E-state index in [1.165, 1.54) is 5.56 Å². The van der Waals surface area contributed by atoms with Gasteiger partial charge in [-0.05, 0) is 25.0 Å². The smallest absolute Gasteiger partial charge is 0.321 e. The summed E-state index contributed by atoms with van der Waals surface area (Å²) in [6.07, 6.45) is 0. The summed E-state index contributed by atoms with van der Waals surface area (Å²) in [7, 11) is 0. The van der Waals surface area contributed by atoms with E-state index < -0.39 is 6.03 Å². The van der Waals surface area contributed by atoms with E-state index in [0.29, 0.717) is 6.54 Å². The third kappa shape index (κ3) is 5.21. The largest absolute Gasteiger partial charge is 0.338 e. The summed E-state index contributed by atoms with van der Waals surface area (Å²) in [6, 6.07) is 17.5. The fourth-order valence-corrected chi connectivity index (χ4v) is 2.40. The van der Waals surface area contributed by atoms with Crippen LogP contribution >= 0.6 is 0 Å². The Morgan fingerprint density at radius 3 is 2.21 bits per heavy atom. The third-order valence-corrected chi connectivity index (χ3v) is 3.60. The molecule has 3 N–H and O–H groups in total. The van der Waals surface area contributed by atoms with Gasteiger partial charge < -0.3 is 5.32 Å². The number of carbonyl (C=O) groups excluding carboxylic acids is 2. The molecule has 0 aliphatic heterocycles. The van der Waals surface area contributed by atoms with Gasteiger partial charge in [0.15, 0.2) is 0 Å². The fourth-order valence-electron chi connectivity index (χ4n) is 2.40. The summed E-state index contributed by atoms with van der Waals surface area (Å²) in [6.45, 7) is 4.35. The normalized spacial score (nSPS) is 11.6. The first-order valence-corrected chi connectivity index (χ1v) is 8.02. The molecule has 126 valence electrons. The maximum Gasteiger partial charge on any atom is 0.321 e. The van der Waals surface area contributed by atoms with Gasteiger partial charge in [0.25, 0.3) is 0 Å². The summed E-state index contributed by atoms with van der Waals surface area (Å²) in [5.74, 6) is -0.367. The van der Waals surface area contributed by atoms with Gasteiger partial charge in [0.05, 0.1) is 12.6 Å². The maximum absolute atomic E-state index is 11.9. The third-order valence-electron chi connectivity index (χ3n) is 3.60. The molecule has 2 aromatic rings. The SMILES string of the molecule is CCNC(=O)NC(=O)CN[C@@H](c1ccccc1)c1ccc(C)cc1. The van der Waals surface area contributed by atoms with E-state index >= 15 is 0 Å². The van der Waals surface area contributed by atoms with Crippen LogP contribution in [0.2, 0.25) is 0 Å². The van der Waals surface area contributed by atoms with Crippen LogP contribution in [0, 0.1) is 6.92 Å². The van der Waals surface area contributed by atoms with Crippen molar-refractivity contribution in [1.82, 2.24) is 16.0 Å². The lowest BCUT2D eigenvalue weighted by Crippen LogP contribution is -2.44. The van der Waals surface area contributed by atoms with E-state index in [1.807, 2.05) is 61.5 Å². The summed E-state index contributed by atoms with van der Waals surface area (Å²) in [4.78, 5) is 23.3. The Morgan fingerprint density at radius 1 is 0.958 bits per heavy atom. The van der Waals surface area contributed by atoms with Crippen molar-refractivity contribution >= 4 is 11.9 Å². The molecule has 0 unspecified atom stereocenters. The molecule has 0 aliphatic rings. The van der Waals surface area contributed by atoms with Crippen molar-refractivity contribution < 1.29 is 9.59 Å². The Bertz CT molecular complexity index is 669. The number of hydrogen-bond donors (Lipinski definition) is 3. The molecule has 1 atom stereocenters. The topological polar surface area (TPSA) is 70.2 Å². The number of amides is 3. The number of imide groups is 1. The average molecular weight is 325 g/mol. The second kappa shape index (κ2) is 8.84. The van der Waals surface area contributed by atoms with E-state index in [9.17, 15) is 9.59 Å². The van der Waals surface area contributed by atoms with Crippen LogP contribution in [-0.4, -0.2) is 25.0 Å². The Labute approximate surface area is 142 Å². The van der Waals surface area contributed by atoms with E-state index in [-0.39, 0.29) is 18.5 Å². The van der Waals surface area contributed by atoms with E-state index in [0.717, 1.165) is 11.1 Å². The Hall–Kier alpha value is -2.66. The number of aryl methyl sites for hydroxylation is 1. The molecule has 0 bridgehead atoms. The lowest BCUT2D eigenvalue weighted by Gasteiger charge is -2.20. The van der Waals surface area contributed by atoms with Crippen LogP contribution in [0.3, 0.4) is 0 Å². The zero-order valence-corrected chi connectivity index (χ0v) is 14.0. The van der Waals surface area contributed by atoms with Crippen molar-refractivity contribution in [3.05, 3.63) is 71.3 Å². The highest BCUT2D eigenvalue weighted by molar-refractivity contribution is 5.95. The molecule has 0 aliphatic carbocycles. The van der Waals surface area contributed by atoms with Gasteiger partial charge in [0.1, 0.15) is 0 Å². The standard InChI is InChI=1S/C19H23N3O2/c1-3-20-19(24)22-17(23)13-21-18(15-7-5-4-6-8-15)16-11-9-14(2)10-12-16/h4-12,18,21H,3,13H2,1-2H3,(H2,20,22,23,24)/t18-/m0/s1. The number of benzene rings is 2. The van der Waals surface area contributed by atoms with Gasteiger partial charge in [-0.25, -0.2) is 4.79 Å². The Kier molecular flexibility index (Phi) is 6.51. The van der Waals surface area contributed by atoms with Gasteiger partial charge >= 0.3 is 6.03 Å². The molecule has 0 fully saturated rings. The minimum Gasteiger partial charge on any atom is -0.338 e. The second-order valence-electron chi connectivity index (χ2n) is 5.54. The van der Waals surface area contributed by atoms with Gasteiger partial charge in [-0.15, -0.1) is 0 Å². The van der Waals surface area contributed by atoms with E-state index in [2.05, 4.69) is 16.0 Å². The number of urea groups is 1. The highest BCUT2D eigenvalue weighted by Crippen LogP contribution is 2.22. The van der Waals surface area contributed by atoms with Crippen molar-refractivity contribution in [2.45, 2.75) is 19.9 Å². The first kappa shape index (κ1) is 17.7. The van der Waals surface area contributed by atoms with Crippen LogP contribution in [0.15, 0.2) is 54.6 Å². The molecular weight excluding hydrogens is 302 g/mol. The molecule has 0 saturated carbocycles. The number of carbonyl (C=O) groups is 2. The highest BCUT2D eigenvalue weighted by atomic mass is 16.2. The summed E-state index contributed by atoms with van der Waals surface area (Å²) >= 11 is 0. The predicted molar refractivity (Wildman–Crippen MR) is 94.7 cm³/mol. The molecular formula is C19H23N3O2. The molecule has 0 aromatic heterocycles. The molecule has 0 saturated heterocycles. The summed E-state index contributed by atoms with van der Waals surface area (Å²) in [5.41, 5.74) is 3.31. The highest BCUT2D eigenvalue weighted by Gasteiger charge is 2.15. The molecule has 5 nitrogen and oxygen atoms in total. The van der Waals surface area contributed by atoms with Gasteiger partial charge in [-0.2, -0.15) is 0 Å². The van der Waals surface area contributed by atoms with Crippen molar-refractivity contribution in [3.8, 4) is 0 Å². The van der Waals surface area contributed by atoms with Crippen molar-refractivity contribution in [2.75, 3.05) is 13.1 Å². The fraction of sp³-hybridized carbons (Fsp3) is 0.263. The van der Waals surface area contributed by atoms with Crippen LogP contribution in [0.1, 0.15) is 29.7 Å². The van der Waals surface area contributed by atoms with Crippen LogP contribution in [0.5, 0.6) is 0 Å². The zero-order valence-electron chi connectivity index (χ0n) is 14.0. The van der Waals surface area contributed by atoms with E-state index in [4.69, 9.17) is 0 Å². The molecule has 24 heavy (non-hydrogen) atoms. The van der Waals surface area contributed by atoms with Crippen molar-refractivity contribution in [3.63, 3.8) is 0 Å². The second-order valence-corrected chi connectivity index (χ2v) is 5.54. The summed E-state index contributed by atoms with van der Waals surface area (Å²) < 4.78 is 0. The molecule has 2 rings (SSSR count). The van der Waals surface area contributed by atoms with E-state index in [1.54, 1.807) is 6.92 Å². The Balaban J connectivity index is 2.08. The Morgan fingerprint density at radius 2 is 1.58 bits per heavy atom. The minimum atomic E-state index is -0.476. The zero-order chi connectivity index (χ0) is 17.4. The number of hydrogen-bond acceptors (Lipinski definition) is 3. The van der Waals surface area contributed by atoms with Crippen LogP contribution in [-0.2, 0) is 4.79 Å². The molecule has 3 amide bonds. The number of rotatable bonds is 6. The maximum atomic E-state index is 11.9. The molecule has 0 heterocycles. The molecule has 0 spiro atoms. The van der Waals surface area contributed by atoms with Gasteiger partial charge in [0.2, 0.25) is 5.91 Å². The minimum absolute atomic E-state index is 0.0462. The molecule has 5 heteroatoms. The average Bonchev–Trinajstić information content (AvgIpc) is 2.57. The first-order chi connectivity index (χ1) is 11.6. The van der Waals surface area contributed by atoms with Crippen molar-refractivity contribution in [1.29, 1.82) is 0 Å². The van der Waals surface area contributed by atoms with Gasteiger partial charge in [0, 0.05) is 6.54 Å². The predicted octanol–water partition coefficient (Wildman–Crippen LogP) is 2.52. The first-order valence-electron chi connectivity index (χ1n) is 8.02. The van der Waals surface area contributed by atoms with Crippen LogP contribution < -0.4 is 16.0 Å². The molecule has 2 aromatic carbocycles. The lowest BCUT2D eigenvalue weighted by atomic mass is 9.98. The van der Waals surface area contributed by atoms with Crippen molar-refractivity contribution in [2.24, 2.45) is 0 Å². The monoisotopic (exact) mass is 325 g/mol. The van der Waals surface area contributed by atoms with Crippen LogP contribution in [0.4, 0.5) is 4.79 Å². The summed E-state index contributed by atoms with van der Waals surface area (Å²) in [5, 5.41) is 8.06. The van der Waals surface area contributed by atoms with Gasteiger partial charge in [-0.1, -0.05) is 60.2 Å². The van der Waals surface area contributed by atoms with Gasteiger partial charge in [-0.3, -0.25) is 15.4 Å². The van der Waals surface area contributed by atoms with Crippen LogP contribution in [0.25, 0.3) is 0 Å².